The lowest BCUT2D eigenvalue weighted by Crippen LogP contribution is -2.42. The maximum atomic E-state index is 11.2. The van der Waals surface area contributed by atoms with Gasteiger partial charge in [0.1, 0.15) is 18.1 Å². The first-order chi connectivity index (χ1) is 14.2. The lowest BCUT2D eigenvalue weighted by molar-refractivity contribution is -0.0889. The number of fused-ring (bicyclic) bond motifs is 1. The van der Waals surface area contributed by atoms with E-state index in [0.717, 1.165) is 16.8 Å². The van der Waals surface area contributed by atoms with Gasteiger partial charge in [0.2, 0.25) is 8.46 Å². The van der Waals surface area contributed by atoms with Crippen molar-refractivity contribution in [3.63, 3.8) is 0 Å². The number of rotatable bonds is 9. The van der Waals surface area contributed by atoms with E-state index in [1.54, 1.807) is 5.01 Å². The number of nitrogens with two attached hydrogens (primary N) is 1. The third-order valence-corrected chi connectivity index (χ3v) is 7.08. The molecule has 0 saturated carbocycles. The monoisotopic (exact) mass is 455 g/mol. The van der Waals surface area contributed by atoms with E-state index in [9.17, 15) is 14.2 Å². The fourth-order valence-electron chi connectivity index (χ4n) is 3.17. The second-order valence-corrected chi connectivity index (χ2v) is 9.82. The molecule has 0 radical (unpaired) electrons. The Kier molecular flexibility index (Phi) is 6.81. The highest BCUT2D eigenvalue weighted by Crippen LogP contribution is 2.55. The summed E-state index contributed by atoms with van der Waals surface area (Å²) in [7, 11) is -6.30. The Labute approximate surface area is 174 Å². The van der Waals surface area contributed by atoms with Crippen LogP contribution >= 0.6 is 16.1 Å². The van der Waals surface area contributed by atoms with Crippen LogP contribution in [0.1, 0.15) is 24.0 Å². The normalized spacial score (nSPS) is 23.1. The molecule has 162 valence electrons. The van der Waals surface area contributed by atoms with E-state index < -0.39 is 21.3 Å². The minimum Gasteiger partial charge on any atom is -0.386 e. The van der Waals surface area contributed by atoms with Crippen LogP contribution < -0.4 is 5.73 Å². The van der Waals surface area contributed by atoms with E-state index in [1.165, 1.54) is 6.34 Å². The first-order valence-corrected chi connectivity index (χ1v) is 11.6. The number of aliphatic hydroxyl groups is 1. The number of hydrogen-bond donors (Lipinski definition) is 4. The minimum atomic E-state index is -5.10. The highest BCUT2D eigenvalue weighted by atomic mass is 31.2. The molecule has 0 aliphatic carbocycles. The number of amidine groups is 1. The summed E-state index contributed by atoms with van der Waals surface area (Å²) in [6.45, 7) is 2.27. The Morgan fingerprint density at radius 2 is 2.00 bits per heavy atom. The van der Waals surface area contributed by atoms with Gasteiger partial charge in [0.15, 0.2) is 6.17 Å². The lowest BCUT2D eigenvalue weighted by atomic mass is 9.93. The molecule has 3 unspecified atom stereocenters. The van der Waals surface area contributed by atoms with Gasteiger partial charge in [-0.2, -0.15) is 5.10 Å². The fraction of sp³-hybridized carbons (Fsp3) is 0.471. The van der Waals surface area contributed by atoms with Crippen LogP contribution in [0.4, 0.5) is 0 Å². The summed E-state index contributed by atoms with van der Waals surface area (Å²) in [4.78, 5) is 26.6. The van der Waals surface area contributed by atoms with Crippen molar-refractivity contribution < 1.29 is 28.8 Å². The van der Waals surface area contributed by atoms with Crippen molar-refractivity contribution in [3.8, 4) is 0 Å². The summed E-state index contributed by atoms with van der Waals surface area (Å²) in [6, 6.07) is 7.92. The van der Waals surface area contributed by atoms with Gasteiger partial charge in [0, 0.05) is 6.54 Å². The standard InChI is InChI=1S/C17H23N5O6P2/c1-11-4-6-12(7-5-11)14-13-15(18)19-10-20-16(13)22(21-14)8-2-3-9-28-17(23,29-24)30(25,26)27/h4-7,10,13,16,23H,2-3,8-9H2,1H3,(H2,18,19,20)(H2,25,26,27). The largest absolute Gasteiger partial charge is 0.397 e. The number of hydrazone groups is 1. The smallest absolute Gasteiger partial charge is 0.386 e. The Hall–Kier alpha value is -2.00. The molecular weight excluding hydrogens is 432 g/mol. The summed E-state index contributed by atoms with van der Waals surface area (Å²) in [5.74, 6) is 0.161. The molecule has 2 aliphatic rings. The van der Waals surface area contributed by atoms with Crippen LogP contribution in [0, 0.1) is 12.8 Å². The van der Waals surface area contributed by atoms with E-state index in [0.29, 0.717) is 25.2 Å². The van der Waals surface area contributed by atoms with Crippen LogP contribution in [-0.2, 0) is 13.9 Å². The van der Waals surface area contributed by atoms with Gasteiger partial charge >= 0.3 is 12.9 Å². The SMILES string of the molecule is Cc1ccc(C2=NN(CCCCOC(O)(P=O)P(=O)(O)O)C3N=CN=C(N)C23)cc1. The molecule has 0 spiro atoms. The number of aryl methyl sites for hydroxylation is 1. The van der Waals surface area contributed by atoms with E-state index in [4.69, 9.17) is 25.4 Å². The zero-order chi connectivity index (χ0) is 21.9. The first-order valence-electron chi connectivity index (χ1n) is 9.20. The summed E-state index contributed by atoms with van der Waals surface area (Å²) < 4.78 is 26.9. The third-order valence-electron chi connectivity index (χ3n) is 4.80. The van der Waals surface area contributed by atoms with Crippen LogP contribution in [0.15, 0.2) is 39.4 Å². The van der Waals surface area contributed by atoms with E-state index >= 15 is 0 Å². The Morgan fingerprint density at radius 3 is 2.63 bits per heavy atom. The summed E-state index contributed by atoms with van der Waals surface area (Å²) in [6.07, 6.45) is 1.95. The Morgan fingerprint density at radius 1 is 1.30 bits per heavy atom. The van der Waals surface area contributed by atoms with Crippen LogP contribution in [0.3, 0.4) is 0 Å². The summed E-state index contributed by atoms with van der Waals surface area (Å²) in [5.41, 5.74) is 8.95. The van der Waals surface area contributed by atoms with Gasteiger partial charge in [-0.15, -0.1) is 0 Å². The van der Waals surface area contributed by atoms with Gasteiger partial charge in [0.05, 0.1) is 12.3 Å². The molecule has 0 bridgehead atoms. The molecule has 1 aromatic rings. The van der Waals surface area contributed by atoms with Gasteiger partial charge in [-0.3, -0.25) is 14.1 Å². The third kappa shape index (κ3) is 4.67. The highest BCUT2D eigenvalue weighted by Gasteiger charge is 2.48. The molecule has 0 aromatic heterocycles. The van der Waals surface area contributed by atoms with Gasteiger partial charge in [0.25, 0.3) is 0 Å². The first kappa shape index (κ1) is 22.7. The molecule has 0 saturated heterocycles. The van der Waals surface area contributed by atoms with E-state index in [2.05, 4.69) is 9.98 Å². The van der Waals surface area contributed by atoms with Gasteiger partial charge < -0.3 is 25.4 Å². The number of benzene rings is 1. The van der Waals surface area contributed by atoms with E-state index in [-0.39, 0.29) is 18.7 Å². The number of unbranched alkanes of at least 4 members (excludes halogenated alkanes) is 1. The van der Waals surface area contributed by atoms with Crippen LogP contribution in [-0.4, -0.2) is 62.4 Å². The van der Waals surface area contributed by atoms with Crippen molar-refractivity contribution in [2.45, 2.75) is 31.2 Å². The Balaban J connectivity index is 1.63. The highest BCUT2D eigenvalue weighted by molar-refractivity contribution is 7.62. The van der Waals surface area contributed by atoms with Crippen molar-refractivity contribution in [2.24, 2.45) is 26.7 Å². The summed E-state index contributed by atoms with van der Waals surface area (Å²) in [5, 5.41) is 13.1. The number of nitrogens with zero attached hydrogens (tertiary/aromatic N) is 4. The second-order valence-electron chi connectivity index (χ2n) is 6.99. The maximum absolute atomic E-state index is 11.2. The number of ether oxygens (including phenoxy) is 1. The quantitative estimate of drug-likeness (QED) is 0.245. The Bertz CT molecular complexity index is 931. The van der Waals surface area contributed by atoms with Crippen molar-refractivity contribution >= 4 is 33.9 Å². The molecule has 5 N–H and O–H groups in total. The zero-order valence-corrected chi connectivity index (χ0v) is 18.0. The average molecular weight is 455 g/mol. The second kappa shape index (κ2) is 9.01. The summed E-state index contributed by atoms with van der Waals surface area (Å²) >= 11 is 0. The maximum Gasteiger partial charge on any atom is 0.397 e. The molecule has 11 nitrogen and oxygen atoms in total. The molecule has 2 aliphatic heterocycles. The van der Waals surface area contributed by atoms with Gasteiger partial charge in [-0.1, -0.05) is 29.8 Å². The van der Waals surface area contributed by atoms with Crippen molar-refractivity contribution in [3.05, 3.63) is 35.4 Å². The predicted octanol–water partition coefficient (Wildman–Crippen LogP) is 1.23. The average Bonchev–Trinajstić information content (AvgIpc) is 3.07. The molecule has 2 heterocycles. The van der Waals surface area contributed by atoms with Gasteiger partial charge in [-0.25, -0.2) is 9.98 Å². The number of aliphatic imine (C=N–C) groups is 2. The molecule has 3 rings (SSSR count). The van der Waals surface area contributed by atoms with E-state index in [1.807, 2.05) is 31.2 Å². The molecule has 0 fully saturated rings. The van der Waals surface area contributed by atoms with Crippen molar-refractivity contribution in [2.75, 3.05) is 13.2 Å². The van der Waals surface area contributed by atoms with Crippen LogP contribution in [0.2, 0.25) is 0 Å². The minimum absolute atomic E-state index is 0.194. The zero-order valence-electron chi connectivity index (χ0n) is 16.2. The number of hydrogen-bond acceptors (Lipinski definition) is 9. The fourth-order valence-corrected chi connectivity index (χ4v) is 4.00. The predicted molar refractivity (Wildman–Crippen MR) is 112 cm³/mol. The van der Waals surface area contributed by atoms with Crippen molar-refractivity contribution in [1.29, 1.82) is 0 Å². The molecule has 13 heteroatoms. The topological polar surface area (TPSA) is 170 Å². The van der Waals surface area contributed by atoms with Crippen molar-refractivity contribution in [1.82, 2.24) is 5.01 Å². The molecule has 30 heavy (non-hydrogen) atoms. The van der Waals surface area contributed by atoms with Crippen LogP contribution in [0.25, 0.3) is 0 Å². The molecule has 3 atom stereocenters. The molecular formula is C17H23N5O6P2. The van der Waals surface area contributed by atoms with Crippen LogP contribution in [0.5, 0.6) is 0 Å². The lowest BCUT2D eigenvalue weighted by Gasteiger charge is -2.26. The molecule has 1 aromatic carbocycles. The molecule has 0 amide bonds. The van der Waals surface area contributed by atoms with Gasteiger partial charge in [-0.05, 0) is 25.3 Å².